The lowest BCUT2D eigenvalue weighted by atomic mass is 10.3. The molecule has 6 heteroatoms. The van der Waals surface area contributed by atoms with E-state index >= 15 is 0 Å². The fourth-order valence-corrected chi connectivity index (χ4v) is 0.793. The molecule has 6 nitrogen and oxygen atoms in total. The Morgan fingerprint density at radius 1 is 1.36 bits per heavy atom. The molecule has 0 aromatic carbocycles. The maximum absolute atomic E-state index is 11.1. The van der Waals surface area contributed by atoms with E-state index in [0.29, 0.717) is 0 Å². The topological polar surface area (TPSA) is 73.9 Å². The van der Waals surface area contributed by atoms with Gasteiger partial charge >= 0.3 is 12.1 Å². The third-order valence-corrected chi connectivity index (χ3v) is 1.39. The minimum atomic E-state index is -0.830. The Kier molecular flexibility index (Phi) is 6.47. The summed E-state index contributed by atoms with van der Waals surface area (Å²) in [5.41, 5.74) is 0. The van der Waals surface area contributed by atoms with Crippen molar-refractivity contribution in [2.75, 3.05) is 27.4 Å². The highest BCUT2D eigenvalue weighted by Gasteiger charge is 2.21. The van der Waals surface area contributed by atoms with Crippen LogP contribution in [0.1, 0.15) is 6.92 Å². The van der Waals surface area contributed by atoms with E-state index in [2.05, 4.69) is 14.8 Å². The number of carbonyl (C=O) groups excluding carboxylic acids is 2. The van der Waals surface area contributed by atoms with Crippen molar-refractivity contribution < 1.29 is 23.8 Å². The van der Waals surface area contributed by atoms with Crippen LogP contribution in [0, 0.1) is 0 Å². The highest BCUT2D eigenvalue weighted by Crippen LogP contribution is 1.90. The van der Waals surface area contributed by atoms with Crippen LogP contribution in [0.25, 0.3) is 0 Å². The van der Waals surface area contributed by atoms with Gasteiger partial charge in [0, 0.05) is 7.11 Å². The second-order valence-corrected chi connectivity index (χ2v) is 2.40. The summed E-state index contributed by atoms with van der Waals surface area (Å²) in [5, 5.41) is 2.31. The molecule has 0 saturated carbocycles. The van der Waals surface area contributed by atoms with Crippen LogP contribution in [-0.2, 0) is 19.0 Å². The number of nitrogens with one attached hydrogen (secondary N) is 1. The molecule has 0 bridgehead atoms. The average molecular weight is 205 g/mol. The molecule has 0 aromatic rings. The standard InChI is InChI=1S/C8H15NO5/c1-4-14-8(11)9-6(5-12-2)7(10)13-3/h6H,4-5H2,1-3H3,(H,9,11). The Labute approximate surface area is 82.5 Å². The van der Waals surface area contributed by atoms with Crippen molar-refractivity contribution in [3.8, 4) is 0 Å². The van der Waals surface area contributed by atoms with Gasteiger partial charge < -0.3 is 19.5 Å². The van der Waals surface area contributed by atoms with Gasteiger partial charge in [-0.25, -0.2) is 9.59 Å². The van der Waals surface area contributed by atoms with Crippen LogP contribution in [-0.4, -0.2) is 45.5 Å². The summed E-state index contributed by atoms with van der Waals surface area (Å²) in [4.78, 5) is 22.0. The fraction of sp³-hybridized carbons (Fsp3) is 0.750. The monoisotopic (exact) mass is 205 g/mol. The normalized spacial score (nSPS) is 11.6. The van der Waals surface area contributed by atoms with Crippen molar-refractivity contribution in [1.82, 2.24) is 5.32 Å². The first-order valence-electron chi connectivity index (χ1n) is 4.15. The molecule has 1 amide bonds. The lowest BCUT2D eigenvalue weighted by Crippen LogP contribution is -2.44. The molecule has 82 valence electrons. The Hall–Kier alpha value is -1.30. The van der Waals surface area contributed by atoms with Crippen LogP contribution in [0.3, 0.4) is 0 Å². The van der Waals surface area contributed by atoms with Crippen LogP contribution in [0.4, 0.5) is 4.79 Å². The van der Waals surface area contributed by atoms with Gasteiger partial charge in [0.2, 0.25) is 0 Å². The Bertz CT molecular complexity index is 194. The molecule has 14 heavy (non-hydrogen) atoms. The van der Waals surface area contributed by atoms with Crippen molar-refractivity contribution in [3.63, 3.8) is 0 Å². The van der Waals surface area contributed by atoms with Gasteiger partial charge in [-0.2, -0.15) is 0 Å². The smallest absolute Gasteiger partial charge is 0.407 e. The predicted molar refractivity (Wildman–Crippen MR) is 47.8 cm³/mol. The Morgan fingerprint density at radius 2 is 2.00 bits per heavy atom. The number of methoxy groups -OCH3 is 2. The van der Waals surface area contributed by atoms with Gasteiger partial charge in [-0.1, -0.05) is 0 Å². The van der Waals surface area contributed by atoms with Crippen LogP contribution < -0.4 is 5.32 Å². The largest absolute Gasteiger partial charge is 0.467 e. The van der Waals surface area contributed by atoms with Gasteiger partial charge in [-0.3, -0.25) is 0 Å². The maximum Gasteiger partial charge on any atom is 0.407 e. The number of hydrogen-bond donors (Lipinski definition) is 1. The summed E-state index contributed by atoms with van der Waals surface area (Å²) in [6, 6.07) is -0.830. The van der Waals surface area contributed by atoms with E-state index in [9.17, 15) is 9.59 Å². The van der Waals surface area contributed by atoms with Crippen LogP contribution in [0.15, 0.2) is 0 Å². The minimum Gasteiger partial charge on any atom is -0.467 e. The molecule has 0 heterocycles. The zero-order chi connectivity index (χ0) is 11.0. The summed E-state index contributed by atoms with van der Waals surface area (Å²) in [6.45, 7) is 1.96. The quantitative estimate of drug-likeness (QED) is 0.635. The van der Waals surface area contributed by atoms with E-state index in [1.165, 1.54) is 14.2 Å². The second-order valence-electron chi connectivity index (χ2n) is 2.40. The summed E-state index contributed by atoms with van der Waals surface area (Å²) in [5.74, 6) is -0.570. The molecule has 0 rings (SSSR count). The molecule has 0 aliphatic carbocycles. The molecule has 1 atom stereocenters. The molecular weight excluding hydrogens is 190 g/mol. The molecule has 0 fully saturated rings. The van der Waals surface area contributed by atoms with Crippen molar-refractivity contribution in [2.24, 2.45) is 0 Å². The highest BCUT2D eigenvalue weighted by molar-refractivity contribution is 5.81. The second kappa shape index (κ2) is 7.14. The number of esters is 1. The predicted octanol–water partition coefficient (Wildman–Crippen LogP) is -0.0795. The van der Waals surface area contributed by atoms with Crippen LogP contribution in [0.2, 0.25) is 0 Å². The molecule has 0 spiro atoms. The Morgan fingerprint density at radius 3 is 2.43 bits per heavy atom. The van der Waals surface area contributed by atoms with Crippen molar-refractivity contribution in [3.05, 3.63) is 0 Å². The first-order chi connectivity index (χ1) is 6.65. The number of carbonyl (C=O) groups is 2. The van der Waals surface area contributed by atoms with E-state index in [-0.39, 0.29) is 13.2 Å². The molecule has 0 aliphatic rings. The molecular formula is C8H15NO5. The van der Waals surface area contributed by atoms with Crippen molar-refractivity contribution in [2.45, 2.75) is 13.0 Å². The number of alkyl carbamates (subject to hydrolysis) is 1. The van der Waals surface area contributed by atoms with E-state index in [4.69, 9.17) is 4.74 Å². The van der Waals surface area contributed by atoms with Gasteiger partial charge in [0.05, 0.1) is 20.3 Å². The van der Waals surface area contributed by atoms with Crippen LogP contribution in [0.5, 0.6) is 0 Å². The lowest BCUT2D eigenvalue weighted by Gasteiger charge is -2.14. The highest BCUT2D eigenvalue weighted by atomic mass is 16.6. The summed E-state index contributed by atoms with van der Waals surface area (Å²) in [7, 11) is 2.65. The van der Waals surface area contributed by atoms with E-state index in [0.717, 1.165) is 0 Å². The zero-order valence-electron chi connectivity index (χ0n) is 8.53. The third-order valence-electron chi connectivity index (χ3n) is 1.39. The molecule has 1 unspecified atom stereocenters. The number of hydrogen-bond acceptors (Lipinski definition) is 5. The summed E-state index contributed by atoms with van der Waals surface area (Å²) >= 11 is 0. The lowest BCUT2D eigenvalue weighted by molar-refractivity contribution is -0.144. The molecule has 0 radical (unpaired) electrons. The van der Waals surface area contributed by atoms with Gasteiger partial charge in [-0.15, -0.1) is 0 Å². The van der Waals surface area contributed by atoms with Gasteiger partial charge in [0.25, 0.3) is 0 Å². The summed E-state index contributed by atoms with van der Waals surface area (Å²) in [6.07, 6.45) is -0.667. The fourth-order valence-electron chi connectivity index (χ4n) is 0.793. The number of amides is 1. The average Bonchev–Trinajstić information content (AvgIpc) is 2.16. The zero-order valence-corrected chi connectivity index (χ0v) is 8.53. The van der Waals surface area contributed by atoms with E-state index in [1.807, 2.05) is 0 Å². The van der Waals surface area contributed by atoms with Crippen molar-refractivity contribution in [1.29, 1.82) is 0 Å². The number of rotatable bonds is 5. The first-order valence-corrected chi connectivity index (χ1v) is 4.15. The van der Waals surface area contributed by atoms with E-state index < -0.39 is 18.1 Å². The van der Waals surface area contributed by atoms with Gasteiger partial charge in [0.15, 0.2) is 6.04 Å². The third kappa shape index (κ3) is 4.66. The molecule has 1 N–H and O–H groups in total. The minimum absolute atomic E-state index is 0.0471. The molecule has 0 aliphatic heterocycles. The number of ether oxygens (including phenoxy) is 3. The SMILES string of the molecule is CCOC(=O)NC(COC)C(=O)OC. The van der Waals surface area contributed by atoms with Crippen molar-refractivity contribution >= 4 is 12.1 Å². The maximum atomic E-state index is 11.1. The summed E-state index contributed by atoms with van der Waals surface area (Å²) < 4.78 is 13.8. The van der Waals surface area contributed by atoms with Crippen LogP contribution >= 0.6 is 0 Å². The van der Waals surface area contributed by atoms with Gasteiger partial charge in [-0.05, 0) is 6.92 Å². The van der Waals surface area contributed by atoms with E-state index in [1.54, 1.807) is 6.92 Å². The Balaban J connectivity index is 4.08. The van der Waals surface area contributed by atoms with Gasteiger partial charge in [0.1, 0.15) is 0 Å². The molecule has 0 saturated heterocycles. The molecule has 0 aromatic heterocycles. The first kappa shape index (κ1) is 12.7.